The van der Waals surface area contributed by atoms with Crippen molar-refractivity contribution in [3.8, 4) is 22.8 Å². The van der Waals surface area contributed by atoms with E-state index in [1.807, 2.05) is 84.9 Å². The molecule has 8 N–H and O–H groups in total. The van der Waals surface area contributed by atoms with Crippen molar-refractivity contribution in [2.24, 2.45) is 0 Å². The first-order valence-electron chi connectivity index (χ1n) is 20.9. The minimum Gasteiger partial charge on any atom is -0.494 e. The second-order valence-corrected chi connectivity index (χ2v) is 15.3. The molecule has 0 aromatic heterocycles. The first-order valence-corrected chi connectivity index (χ1v) is 20.9. The zero-order chi connectivity index (χ0) is 46.9. The maximum absolute atomic E-state index is 13.8. The zero-order valence-corrected chi connectivity index (χ0v) is 35.6. The van der Waals surface area contributed by atoms with E-state index in [2.05, 4.69) is 26.3 Å². The number of carbonyl (C=O) groups excluding carboxylic acids is 4. The highest BCUT2D eigenvalue weighted by Gasteiger charge is 2.32. The Balaban J connectivity index is 1.10. The number of hydrogen-bond acceptors (Lipinski definition) is 10. The second kappa shape index (κ2) is 23.6. The van der Waals surface area contributed by atoms with Crippen LogP contribution >= 0.6 is 0 Å². The van der Waals surface area contributed by atoms with E-state index >= 15 is 0 Å². The number of carboxylic acid groups (broad SMARTS) is 3. The van der Waals surface area contributed by atoms with Crippen LogP contribution in [0.4, 0.5) is 0 Å². The van der Waals surface area contributed by atoms with E-state index in [-0.39, 0.29) is 12.1 Å². The van der Waals surface area contributed by atoms with Crippen molar-refractivity contribution < 1.29 is 53.6 Å². The number of nitrogens with one attached hydrogen (secondary N) is 5. The number of H-pyrrole nitrogens is 1. The lowest BCUT2D eigenvalue weighted by atomic mass is 10.1. The van der Waals surface area contributed by atoms with Crippen molar-refractivity contribution in [1.29, 1.82) is 0 Å². The number of benzene rings is 3. The monoisotopic (exact) mass is 893 g/mol. The van der Waals surface area contributed by atoms with E-state index in [4.69, 9.17) is 14.8 Å². The zero-order valence-electron chi connectivity index (χ0n) is 35.6. The van der Waals surface area contributed by atoms with Gasteiger partial charge in [0.25, 0.3) is 5.56 Å². The van der Waals surface area contributed by atoms with Crippen molar-refractivity contribution in [2.45, 2.75) is 82.8 Å². The fourth-order valence-electron chi connectivity index (χ4n) is 6.97. The second-order valence-electron chi connectivity index (χ2n) is 15.3. The van der Waals surface area contributed by atoms with E-state index in [0.717, 1.165) is 41.4 Å². The van der Waals surface area contributed by atoms with Gasteiger partial charge in [-0.2, -0.15) is 0 Å². The highest BCUT2D eigenvalue weighted by molar-refractivity contribution is 5.97. The molecule has 0 unspecified atom stereocenters. The summed E-state index contributed by atoms with van der Waals surface area (Å²) in [5, 5.41) is 36.7. The molecule has 19 heteroatoms. The Morgan fingerprint density at radius 1 is 0.677 bits per heavy atom. The van der Waals surface area contributed by atoms with Crippen LogP contribution in [0, 0.1) is 0 Å². The summed E-state index contributed by atoms with van der Waals surface area (Å²) in [6.45, 7) is 1.54. The summed E-state index contributed by atoms with van der Waals surface area (Å²) < 4.78 is 7.61. The maximum Gasteiger partial charge on any atom is 0.305 e. The van der Waals surface area contributed by atoms with E-state index in [1.54, 1.807) is 10.8 Å². The van der Waals surface area contributed by atoms with Gasteiger partial charge in [-0.15, -0.1) is 0 Å². The van der Waals surface area contributed by atoms with Crippen LogP contribution < -0.4 is 31.6 Å². The predicted molar refractivity (Wildman–Crippen MR) is 234 cm³/mol. The number of fused-ring (bicyclic) bond motifs is 1. The first-order chi connectivity index (χ1) is 31.2. The van der Waals surface area contributed by atoms with Crippen LogP contribution in [0.5, 0.6) is 5.75 Å². The SMILES string of the molecule is CC(=O)N[C@@H](CC(=O)O)C(=O)N[C@@H](CC(=O)O)C(=O)N[C@@H](CC(=O)O)C(=O)NCCCCCCOc1cccc(Cc2nc3c(Cc4ccccc4)[nH]c(-c4ccccc4)cn-3c2=O)c1. The molecule has 4 amide bonds. The van der Waals surface area contributed by atoms with Crippen molar-refractivity contribution in [1.82, 2.24) is 35.8 Å². The smallest absolute Gasteiger partial charge is 0.305 e. The number of ether oxygens (including phenoxy) is 1. The Morgan fingerprint density at radius 2 is 1.25 bits per heavy atom. The number of aromatic nitrogens is 3. The summed E-state index contributed by atoms with van der Waals surface area (Å²) in [7, 11) is 0. The van der Waals surface area contributed by atoms with Gasteiger partial charge in [0.05, 0.1) is 37.3 Å². The highest BCUT2D eigenvalue weighted by Crippen LogP contribution is 2.24. The normalized spacial score (nSPS) is 12.3. The lowest BCUT2D eigenvalue weighted by Gasteiger charge is -2.23. The number of nitrogens with zero attached hydrogens (tertiary/aromatic N) is 2. The van der Waals surface area contributed by atoms with Gasteiger partial charge in [0.1, 0.15) is 29.6 Å². The molecule has 5 rings (SSSR count). The van der Waals surface area contributed by atoms with Gasteiger partial charge in [-0.25, -0.2) is 4.98 Å². The molecule has 0 spiro atoms. The van der Waals surface area contributed by atoms with Crippen LogP contribution in [0.15, 0.2) is 95.9 Å². The van der Waals surface area contributed by atoms with Gasteiger partial charge in [0.15, 0.2) is 5.82 Å². The van der Waals surface area contributed by atoms with E-state index in [0.29, 0.717) is 56.0 Å². The molecule has 2 aliphatic rings. The van der Waals surface area contributed by atoms with Crippen molar-refractivity contribution in [3.05, 3.63) is 124 Å². The number of rotatable bonds is 25. The number of carboxylic acids is 3. The van der Waals surface area contributed by atoms with Crippen molar-refractivity contribution in [2.75, 3.05) is 13.2 Å². The Labute approximate surface area is 373 Å². The molecule has 0 saturated heterocycles. The molecule has 3 aromatic carbocycles. The Bertz CT molecular complexity index is 2470. The molecule has 342 valence electrons. The average Bonchev–Trinajstić information content (AvgIpc) is 3.58. The van der Waals surface area contributed by atoms with Crippen LogP contribution in [-0.2, 0) is 46.4 Å². The van der Waals surface area contributed by atoms with Crippen LogP contribution in [-0.4, -0.2) is 103 Å². The number of carbonyl (C=O) groups is 7. The molecule has 0 bridgehead atoms. The fraction of sp³-hybridized carbons (Fsp3) is 0.326. The number of aromatic amines is 1. The summed E-state index contributed by atoms with van der Waals surface area (Å²) in [5.74, 6) is -7.27. The number of unbranched alkanes of at least 4 members (excludes halogenated alkanes) is 3. The minimum absolute atomic E-state index is 0.126. The lowest BCUT2D eigenvalue weighted by molar-refractivity contribution is -0.144. The fourth-order valence-corrected chi connectivity index (χ4v) is 6.97. The number of imidazole rings is 1. The third-order valence-electron chi connectivity index (χ3n) is 10.1. The van der Waals surface area contributed by atoms with Crippen LogP contribution in [0.25, 0.3) is 17.1 Å². The van der Waals surface area contributed by atoms with Gasteiger partial charge in [0, 0.05) is 32.5 Å². The molecular formula is C46H51N7O12. The quantitative estimate of drug-likeness (QED) is 0.0392. The molecule has 0 fully saturated rings. The standard InChI is InChI=1S/C46H51N7O12/c1-28(54)48-35(25-40(57)58)44(62)52-36(26-41(59)60)45(63)51-34(24-39(55)56)43(61)47-19-10-2-3-11-20-65-32-18-12-15-30(21-32)23-37-46(64)53-27-38(31-16-8-5-9-17-31)49-33(42(53)50-37)22-29-13-6-4-7-14-29/h4-9,12-18,21,27,34-36,49H,2-3,10-11,19-20,22-26H2,1H3,(H,47,61)(H,48,54)(H,51,63)(H,52,62)(H,55,56)(H,57,58)(H,59,60)/t34-,35-,36-/m0/s1. The van der Waals surface area contributed by atoms with Gasteiger partial charge in [-0.1, -0.05) is 85.6 Å². The number of amides is 4. The predicted octanol–water partition coefficient (Wildman–Crippen LogP) is 2.80. The van der Waals surface area contributed by atoms with Crippen LogP contribution in [0.3, 0.4) is 0 Å². The van der Waals surface area contributed by atoms with Gasteiger partial charge in [-0.05, 0) is 41.7 Å². The molecule has 3 atom stereocenters. The summed E-state index contributed by atoms with van der Waals surface area (Å²) in [6.07, 6.45) is 2.45. The third kappa shape index (κ3) is 14.9. The first kappa shape index (κ1) is 48.2. The average molecular weight is 894 g/mol. The maximum atomic E-state index is 13.8. The molecule has 65 heavy (non-hydrogen) atoms. The summed E-state index contributed by atoms with van der Waals surface area (Å²) >= 11 is 0. The molecule has 2 aliphatic heterocycles. The summed E-state index contributed by atoms with van der Waals surface area (Å²) in [5.41, 5.74) is 4.67. The molecular weight excluding hydrogens is 843 g/mol. The molecule has 0 saturated carbocycles. The Morgan fingerprint density at radius 3 is 1.86 bits per heavy atom. The summed E-state index contributed by atoms with van der Waals surface area (Å²) in [4.78, 5) is 106. The van der Waals surface area contributed by atoms with Crippen LogP contribution in [0.1, 0.15) is 74.4 Å². The lowest BCUT2D eigenvalue weighted by Crippen LogP contribution is -2.57. The number of hydrogen-bond donors (Lipinski definition) is 8. The largest absolute Gasteiger partial charge is 0.494 e. The van der Waals surface area contributed by atoms with Crippen molar-refractivity contribution >= 4 is 41.5 Å². The van der Waals surface area contributed by atoms with Crippen molar-refractivity contribution in [3.63, 3.8) is 0 Å². The molecule has 2 heterocycles. The molecule has 3 aromatic rings. The molecule has 0 radical (unpaired) electrons. The number of aliphatic carboxylic acids is 3. The molecule has 19 nitrogen and oxygen atoms in total. The highest BCUT2D eigenvalue weighted by atomic mass is 16.5. The minimum atomic E-state index is -1.84. The summed E-state index contributed by atoms with van der Waals surface area (Å²) in [6, 6.07) is 22.1. The van der Waals surface area contributed by atoms with Crippen LogP contribution in [0.2, 0.25) is 0 Å². The Hall–Kier alpha value is -7.83. The van der Waals surface area contributed by atoms with Gasteiger partial charge in [0.2, 0.25) is 23.6 Å². The molecule has 0 aliphatic carbocycles. The van der Waals surface area contributed by atoms with Gasteiger partial charge >= 0.3 is 17.9 Å². The third-order valence-corrected chi connectivity index (χ3v) is 10.1. The topological polar surface area (TPSA) is 288 Å². The van der Waals surface area contributed by atoms with Gasteiger partial charge in [-0.3, -0.25) is 42.9 Å². The Kier molecular flexibility index (Phi) is 17.5. The van der Waals surface area contributed by atoms with E-state index in [1.165, 1.54) is 0 Å². The van der Waals surface area contributed by atoms with Gasteiger partial charge < -0.3 is 46.3 Å². The van der Waals surface area contributed by atoms with E-state index < -0.39 is 78.9 Å². The van der Waals surface area contributed by atoms with E-state index in [9.17, 15) is 48.6 Å².